The molecule has 3 amide bonds. The maximum Gasteiger partial charge on any atom is 0.262 e. The molecule has 2 aromatic rings. The van der Waals surface area contributed by atoms with Crippen LogP contribution in [0.4, 0.5) is 17.1 Å². The molecule has 0 aliphatic carbocycles. The molecule has 30 heavy (non-hydrogen) atoms. The molecule has 2 aliphatic rings. The van der Waals surface area contributed by atoms with Crippen LogP contribution < -0.4 is 26.0 Å². The van der Waals surface area contributed by atoms with Gasteiger partial charge in [-0.05, 0) is 30.3 Å². The average Bonchev–Trinajstić information content (AvgIpc) is 2.73. The fourth-order valence-electron chi connectivity index (χ4n) is 3.33. The fraction of sp³-hybridized carbons (Fsp3) is 0.250. The topological polar surface area (TPSA) is 123 Å². The first-order chi connectivity index (χ1) is 14.4. The summed E-state index contributed by atoms with van der Waals surface area (Å²) in [7, 11) is 0. The second-order valence-corrected chi connectivity index (χ2v) is 7.22. The van der Waals surface area contributed by atoms with Crippen LogP contribution >= 0.6 is 11.6 Å². The molecule has 9 nitrogen and oxygen atoms in total. The predicted octanol–water partition coefficient (Wildman–Crippen LogP) is 1.86. The van der Waals surface area contributed by atoms with Crippen molar-refractivity contribution in [3.05, 3.63) is 46.5 Å². The summed E-state index contributed by atoms with van der Waals surface area (Å²) >= 11 is 6.22. The number of benzene rings is 2. The zero-order chi connectivity index (χ0) is 21.3. The zero-order valence-corrected chi connectivity index (χ0v) is 16.6. The van der Waals surface area contributed by atoms with Crippen molar-refractivity contribution in [2.45, 2.75) is 0 Å². The quantitative estimate of drug-likeness (QED) is 0.680. The Bertz CT molecular complexity index is 1040. The second-order valence-electron chi connectivity index (χ2n) is 6.81. The SMILES string of the molecule is NC(=O)c1cc(N2CCOCC2)ccc1NC(=O)c1cc2c(cc1Cl)NC(=O)CO2. The van der Waals surface area contributed by atoms with Crippen molar-refractivity contribution >= 4 is 46.4 Å². The minimum Gasteiger partial charge on any atom is -0.482 e. The lowest BCUT2D eigenvalue weighted by Gasteiger charge is -2.29. The highest BCUT2D eigenvalue weighted by Gasteiger charge is 2.22. The van der Waals surface area contributed by atoms with Crippen molar-refractivity contribution in [2.75, 3.05) is 48.4 Å². The van der Waals surface area contributed by atoms with Gasteiger partial charge in [0.25, 0.3) is 17.7 Å². The number of nitrogens with two attached hydrogens (primary N) is 1. The van der Waals surface area contributed by atoms with Gasteiger partial charge in [-0.2, -0.15) is 0 Å². The van der Waals surface area contributed by atoms with Gasteiger partial charge >= 0.3 is 0 Å². The Morgan fingerprint density at radius 1 is 1.13 bits per heavy atom. The van der Waals surface area contributed by atoms with E-state index in [1.165, 1.54) is 12.1 Å². The van der Waals surface area contributed by atoms with Crippen LogP contribution in [0.25, 0.3) is 0 Å². The highest BCUT2D eigenvalue weighted by Crippen LogP contribution is 2.34. The van der Waals surface area contributed by atoms with Gasteiger partial charge in [-0.1, -0.05) is 11.6 Å². The number of morpholine rings is 1. The van der Waals surface area contributed by atoms with Crippen LogP contribution in [0, 0.1) is 0 Å². The minimum absolute atomic E-state index is 0.127. The second kappa shape index (κ2) is 8.21. The Morgan fingerprint density at radius 2 is 1.90 bits per heavy atom. The fourth-order valence-corrected chi connectivity index (χ4v) is 3.58. The molecule has 0 aromatic heterocycles. The molecule has 0 radical (unpaired) electrons. The summed E-state index contributed by atoms with van der Waals surface area (Å²) in [5, 5.41) is 5.43. The van der Waals surface area contributed by atoms with Gasteiger partial charge in [-0.25, -0.2) is 0 Å². The van der Waals surface area contributed by atoms with Crippen molar-refractivity contribution in [1.82, 2.24) is 0 Å². The zero-order valence-electron chi connectivity index (χ0n) is 15.9. The molecule has 0 spiro atoms. The van der Waals surface area contributed by atoms with E-state index >= 15 is 0 Å². The van der Waals surface area contributed by atoms with Crippen LogP contribution in [0.15, 0.2) is 30.3 Å². The van der Waals surface area contributed by atoms with Crippen molar-refractivity contribution < 1.29 is 23.9 Å². The Labute approximate surface area is 177 Å². The molecular formula is C20H19ClN4O5. The lowest BCUT2D eigenvalue weighted by Crippen LogP contribution is -2.36. The number of hydrogen-bond donors (Lipinski definition) is 3. The normalized spacial score (nSPS) is 15.6. The molecule has 0 saturated carbocycles. The standard InChI is InChI=1S/C20H19ClN4O5/c21-14-9-16-17(30-10-18(26)23-16)8-12(14)20(28)24-15-2-1-11(7-13(15)19(22)27)25-3-5-29-6-4-25/h1-2,7-9H,3-6,10H2,(H2,22,27)(H,23,26)(H,24,28). The lowest BCUT2D eigenvalue weighted by atomic mass is 10.1. The maximum atomic E-state index is 12.8. The van der Waals surface area contributed by atoms with Gasteiger partial charge in [-0.15, -0.1) is 0 Å². The van der Waals surface area contributed by atoms with Crippen molar-refractivity contribution in [3.63, 3.8) is 0 Å². The summed E-state index contributed by atoms with van der Waals surface area (Å²) in [4.78, 5) is 38.3. The number of nitrogens with zero attached hydrogens (tertiary/aromatic N) is 1. The molecule has 0 unspecified atom stereocenters. The van der Waals surface area contributed by atoms with Crippen LogP contribution in [0.3, 0.4) is 0 Å². The molecule has 10 heteroatoms. The van der Waals surface area contributed by atoms with Crippen molar-refractivity contribution in [2.24, 2.45) is 5.73 Å². The number of anilines is 3. The molecule has 2 heterocycles. The van der Waals surface area contributed by atoms with Crippen LogP contribution in [0.5, 0.6) is 5.75 Å². The highest BCUT2D eigenvalue weighted by molar-refractivity contribution is 6.35. The highest BCUT2D eigenvalue weighted by atomic mass is 35.5. The van der Waals surface area contributed by atoms with Gasteiger partial charge in [0.15, 0.2) is 6.61 Å². The number of rotatable bonds is 4. The van der Waals surface area contributed by atoms with Gasteiger partial charge in [-0.3, -0.25) is 14.4 Å². The molecule has 2 aromatic carbocycles. The number of halogens is 1. The van der Waals surface area contributed by atoms with Gasteiger partial charge in [0.05, 0.1) is 40.7 Å². The molecule has 156 valence electrons. The molecule has 1 fully saturated rings. The molecular weight excluding hydrogens is 412 g/mol. The van der Waals surface area contributed by atoms with Crippen LogP contribution in [-0.2, 0) is 9.53 Å². The number of carbonyl (C=O) groups excluding carboxylic acids is 3. The van der Waals surface area contributed by atoms with E-state index in [-0.39, 0.29) is 34.4 Å². The van der Waals surface area contributed by atoms with Crippen LogP contribution in [0.1, 0.15) is 20.7 Å². The van der Waals surface area contributed by atoms with E-state index in [9.17, 15) is 14.4 Å². The molecule has 4 rings (SSSR count). The summed E-state index contributed by atoms with van der Waals surface area (Å²) in [6.45, 7) is 2.45. The van der Waals surface area contributed by atoms with Crippen molar-refractivity contribution in [3.8, 4) is 5.75 Å². The van der Waals surface area contributed by atoms with E-state index < -0.39 is 11.8 Å². The summed E-state index contributed by atoms with van der Waals surface area (Å²) in [6, 6.07) is 7.97. The third-order valence-electron chi connectivity index (χ3n) is 4.84. The monoisotopic (exact) mass is 430 g/mol. The number of hydrogen-bond acceptors (Lipinski definition) is 6. The summed E-state index contributed by atoms with van der Waals surface area (Å²) in [5.74, 6) is -1.17. The predicted molar refractivity (Wildman–Crippen MR) is 112 cm³/mol. The smallest absolute Gasteiger partial charge is 0.262 e. The van der Waals surface area contributed by atoms with Gasteiger partial charge in [0.1, 0.15) is 5.75 Å². The first-order valence-electron chi connectivity index (χ1n) is 9.26. The number of primary amides is 1. The molecule has 1 saturated heterocycles. The molecule has 4 N–H and O–H groups in total. The Morgan fingerprint density at radius 3 is 2.63 bits per heavy atom. The Kier molecular flexibility index (Phi) is 5.47. The van der Waals surface area contributed by atoms with E-state index in [2.05, 4.69) is 15.5 Å². The van der Waals surface area contributed by atoms with E-state index in [0.29, 0.717) is 37.7 Å². The Balaban J connectivity index is 1.60. The maximum absolute atomic E-state index is 12.8. The molecule has 0 bridgehead atoms. The van der Waals surface area contributed by atoms with E-state index in [0.717, 1.165) is 5.69 Å². The van der Waals surface area contributed by atoms with E-state index in [4.69, 9.17) is 26.8 Å². The van der Waals surface area contributed by atoms with Crippen LogP contribution in [0.2, 0.25) is 5.02 Å². The van der Waals surface area contributed by atoms with Crippen LogP contribution in [-0.4, -0.2) is 50.6 Å². The number of ether oxygens (including phenoxy) is 2. The Hall–Kier alpha value is -3.30. The van der Waals surface area contributed by atoms with Gasteiger partial charge in [0.2, 0.25) is 0 Å². The van der Waals surface area contributed by atoms with Crippen molar-refractivity contribution in [1.29, 1.82) is 0 Å². The third-order valence-corrected chi connectivity index (χ3v) is 5.15. The first kappa shape index (κ1) is 20.0. The minimum atomic E-state index is -0.664. The largest absolute Gasteiger partial charge is 0.482 e. The third kappa shape index (κ3) is 4.03. The molecule has 0 atom stereocenters. The number of nitrogens with one attached hydrogen (secondary N) is 2. The number of fused-ring (bicyclic) bond motifs is 1. The first-order valence-corrected chi connectivity index (χ1v) is 9.64. The van der Waals surface area contributed by atoms with Gasteiger partial charge in [0, 0.05) is 18.8 Å². The summed E-state index contributed by atoms with van der Waals surface area (Å²) in [5.41, 5.74) is 7.35. The lowest BCUT2D eigenvalue weighted by molar-refractivity contribution is -0.118. The van der Waals surface area contributed by atoms with Gasteiger partial charge < -0.3 is 30.7 Å². The number of amides is 3. The molecule has 2 aliphatic heterocycles. The summed E-state index contributed by atoms with van der Waals surface area (Å²) < 4.78 is 10.7. The summed E-state index contributed by atoms with van der Waals surface area (Å²) in [6.07, 6.45) is 0. The number of carbonyl (C=O) groups is 3. The average molecular weight is 431 g/mol. The van der Waals surface area contributed by atoms with E-state index in [1.807, 2.05) is 0 Å². The van der Waals surface area contributed by atoms with E-state index in [1.54, 1.807) is 18.2 Å².